The summed E-state index contributed by atoms with van der Waals surface area (Å²) in [7, 11) is 0. The van der Waals surface area contributed by atoms with Crippen LogP contribution < -0.4 is 5.32 Å². The van der Waals surface area contributed by atoms with Crippen molar-refractivity contribution in [1.82, 2.24) is 25.3 Å². The summed E-state index contributed by atoms with van der Waals surface area (Å²) in [5.74, 6) is -0.819. The van der Waals surface area contributed by atoms with Gasteiger partial charge in [0.1, 0.15) is 0 Å². The van der Waals surface area contributed by atoms with E-state index in [1.54, 1.807) is 10.9 Å². The summed E-state index contributed by atoms with van der Waals surface area (Å²) in [5, 5.41) is 23.0. The normalized spacial score (nSPS) is 10.5. The minimum Gasteiger partial charge on any atom is -0.358 e. The standard InChI is InChI=1S/C10H11BrN6O3/c1-2-16-8(6(11)4-13-16)5-12-10(18)7-3-9(15-14-7)17(19)20/h3-4H,2,5H2,1H3,(H,12,18)(H,14,15). The number of carbonyl (C=O) groups is 1. The Balaban J connectivity index is 2.04. The lowest BCUT2D eigenvalue weighted by Crippen LogP contribution is -2.25. The number of halogens is 1. The van der Waals surface area contributed by atoms with Crippen molar-refractivity contribution < 1.29 is 9.72 Å². The molecule has 2 aromatic heterocycles. The fourth-order valence-electron chi connectivity index (χ4n) is 1.61. The highest BCUT2D eigenvalue weighted by molar-refractivity contribution is 9.10. The van der Waals surface area contributed by atoms with Crippen molar-refractivity contribution in [2.45, 2.75) is 20.0 Å². The number of hydrogen-bond donors (Lipinski definition) is 2. The molecule has 2 heterocycles. The van der Waals surface area contributed by atoms with E-state index < -0.39 is 10.8 Å². The first-order valence-electron chi connectivity index (χ1n) is 5.71. The van der Waals surface area contributed by atoms with Gasteiger partial charge in [0.05, 0.1) is 29.0 Å². The summed E-state index contributed by atoms with van der Waals surface area (Å²) in [6, 6.07) is 1.08. The second kappa shape index (κ2) is 5.82. The molecule has 0 unspecified atom stereocenters. The van der Waals surface area contributed by atoms with Crippen LogP contribution in [-0.2, 0) is 13.1 Å². The lowest BCUT2D eigenvalue weighted by atomic mass is 10.3. The molecule has 0 aliphatic rings. The number of nitrogens with one attached hydrogen (secondary N) is 2. The number of amides is 1. The third kappa shape index (κ3) is 2.85. The zero-order chi connectivity index (χ0) is 14.7. The molecule has 0 saturated heterocycles. The van der Waals surface area contributed by atoms with Gasteiger partial charge in [0, 0.05) is 6.54 Å². The molecule has 0 aromatic carbocycles. The van der Waals surface area contributed by atoms with Gasteiger partial charge in [0.25, 0.3) is 5.91 Å². The van der Waals surface area contributed by atoms with Gasteiger partial charge < -0.3 is 15.4 Å². The number of carbonyl (C=O) groups excluding carboxylic acids is 1. The van der Waals surface area contributed by atoms with Gasteiger partial charge in [-0.3, -0.25) is 9.48 Å². The Labute approximate surface area is 121 Å². The van der Waals surface area contributed by atoms with Gasteiger partial charge >= 0.3 is 5.82 Å². The summed E-state index contributed by atoms with van der Waals surface area (Å²) in [5.41, 5.74) is 0.779. The van der Waals surface area contributed by atoms with Crippen LogP contribution in [0.4, 0.5) is 5.82 Å². The Morgan fingerprint density at radius 1 is 1.65 bits per heavy atom. The zero-order valence-corrected chi connectivity index (χ0v) is 12.0. The molecule has 0 radical (unpaired) electrons. The highest BCUT2D eigenvalue weighted by Gasteiger charge is 2.17. The Kier molecular flexibility index (Phi) is 4.13. The van der Waals surface area contributed by atoms with Crippen molar-refractivity contribution >= 4 is 27.7 Å². The van der Waals surface area contributed by atoms with Gasteiger partial charge in [0.15, 0.2) is 5.69 Å². The highest BCUT2D eigenvalue weighted by Crippen LogP contribution is 2.16. The van der Waals surface area contributed by atoms with Crippen LogP contribution in [0.1, 0.15) is 23.1 Å². The van der Waals surface area contributed by atoms with Crippen molar-refractivity contribution in [3.8, 4) is 0 Å². The number of hydrogen-bond acceptors (Lipinski definition) is 5. The molecule has 10 heteroatoms. The molecule has 0 aliphatic carbocycles. The van der Waals surface area contributed by atoms with E-state index in [9.17, 15) is 14.9 Å². The molecular weight excluding hydrogens is 332 g/mol. The van der Waals surface area contributed by atoms with Crippen molar-refractivity contribution in [3.63, 3.8) is 0 Å². The quantitative estimate of drug-likeness (QED) is 0.625. The maximum atomic E-state index is 11.8. The molecule has 106 valence electrons. The molecule has 0 atom stereocenters. The van der Waals surface area contributed by atoms with E-state index in [0.717, 1.165) is 16.2 Å². The van der Waals surface area contributed by atoms with Gasteiger partial charge in [-0.05, 0) is 27.8 Å². The molecule has 2 aromatic rings. The molecule has 1 amide bonds. The Hall–Kier alpha value is -2.23. The molecule has 2 rings (SSSR count). The van der Waals surface area contributed by atoms with Crippen LogP contribution in [-0.4, -0.2) is 30.8 Å². The van der Waals surface area contributed by atoms with E-state index in [1.807, 2.05) is 6.92 Å². The number of nitro groups is 1. The first kappa shape index (κ1) is 14.2. The summed E-state index contributed by atoms with van der Waals surface area (Å²) >= 11 is 3.34. The van der Waals surface area contributed by atoms with E-state index >= 15 is 0 Å². The van der Waals surface area contributed by atoms with Gasteiger partial charge in [-0.25, -0.2) is 0 Å². The summed E-state index contributed by atoms with van der Waals surface area (Å²) < 4.78 is 2.52. The lowest BCUT2D eigenvalue weighted by molar-refractivity contribution is -0.389. The minimum absolute atomic E-state index is 0.0320. The second-order valence-corrected chi connectivity index (χ2v) is 4.69. The molecule has 2 N–H and O–H groups in total. The van der Waals surface area contributed by atoms with Gasteiger partial charge in [-0.1, -0.05) is 5.10 Å². The number of H-pyrrole nitrogens is 1. The van der Waals surface area contributed by atoms with Crippen molar-refractivity contribution in [2.24, 2.45) is 0 Å². The van der Waals surface area contributed by atoms with Crippen LogP contribution in [0, 0.1) is 10.1 Å². The van der Waals surface area contributed by atoms with Crippen molar-refractivity contribution in [1.29, 1.82) is 0 Å². The average molecular weight is 343 g/mol. The molecule has 0 bridgehead atoms. The highest BCUT2D eigenvalue weighted by atomic mass is 79.9. The van der Waals surface area contributed by atoms with E-state index in [1.165, 1.54) is 0 Å². The van der Waals surface area contributed by atoms with Crippen LogP contribution in [0.25, 0.3) is 0 Å². The Morgan fingerprint density at radius 2 is 2.40 bits per heavy atom. The minimum atomic E-state index is -0.646. The van der Waals surface area contributed by atoms with Crippen LogP contribution in [0.2, 0.25) is 0 Å². The smallest absolute Gasteiger partial charge is 0.343 e. The molecule has 0 fully saturated rings. The fourth-order valence-corrected chi connectivity index (χ4v) is 2.05. The van der Waals surface area contributed by atoms with E-state index in [0.29, 0.717) is 6.54 Å². The predicted octanol–water partition coefficient (Wildman–Crippen LogP) is 1.23. The molecule has 9 nitrogen and oxygen atoms in total. The SMILES string of the molecule is CCn1ncc(Br)c1CNC(=O)c1cc([N+](=O)[O-])[nH]n1. The second-order valence-electron chi connectivity index (χ2n) is 3.83. The molecule has 20 heavy (non-hydrogen) atoms. The third-order valence-corrected chi connectivity index (χ3v) is 3.27. The number of aryl methyl sites for hydroxylation is 1. The van der Waals surface area contributed by atoms with Gasteiger partial charge in [-0.2, -0.15) is 5.10 Å². The first-order chi connectivity index (χ1) is 9.52. The van der Waals surface area contributed by atoms with E-state index in [2.05, 4.69) is 36.5 Å². The van der Waals surface area contributed by atoms with Crippen molar-refractivity contribution in [2.75, 3.05) is 0 Å². The molecule has 0 spiro atoms. The van der Waals surface area contributed by atoms with Crippen LogP contribution in [0.15, 0.2) is 16.7 Å². The van der Waals surface area contributed by atoms with Crippen LogP contribution in [0.5, 0.6) is 0 Å². The Bertz CT molecular complexity index is 649. The zero-order valence-electron chi connectivity index (χ0n) is 10.5. The molecular formula is C10H11BrN6O3. The van der Waals surface area contributed by atoms with Crippen LogP contribution in [0.3, 0.4) is 0 Å². The van der Waals surface area contributed by atoms with Gasteiger partial charge in [0.2, 0.25) is 0 Å². The third-order valence-electron chi connectivity index (χ3n) is 2.61. The average Bonchev–Trinajstić information content (AvgIpc) is 3.03. The fraction of sp³-hybridized carbons (Fsp3) is 0.300. The monoisotopic (exact) mass is 342 g/mol. The summed E-state index contributed by atoms with van der Waals surface area (Å²) in [6.45, 7) is 2.85. The maximum absolute atomic E-state index is 11.8. The first-order valence-corrected chi connectivity index (χ1v) is 6.50. The lowest BCUT2D eigenvalue weighted by Gasteiger charge is -2.06. The molecule has 0 aliphatic heterocycles. The van der Waals surface area contributed by atoms with E-state index in [-0.39, 0.29) is 18.1 Å². The van der Waals surface area contributed by atoms with Gasteiger partial charge in [-0.15, -0.1) is 5.10 Å². The van der Waals surface area contributed by atoms with Crippen LogP contribution >= 0.6 is 15.9 Å². The number of rotatable bonds is 5. The largest absolute Gasteiger partial charge is 0.358 e. The summed E-state index contributed by atoms with van der Waals surface area (Å²) in [6.07, 6.45) is 1.64. The topological polar surface area (TPSA) is 119 Å². The van der Waals surface area contributed by atoms with Crippen molar-refractivity contribution in [3.05, 3.63) is 38.2 Å². The van der Waals surface area contributed by atoms with E-state index in [4.69, 9.17) is 0 Å². The summed E-state index contributed by atoms with van der Waals surface area (Å²) in [4.78, 5) is 21.7. The number of aromatic nitrogens is 4. The number of aromatic amines is 1. The molecule has 0 saturated carbocycles. The predicted molar refractivity (Wildman–Crippen MR) is 72.0 cm³/mol. The maximum Gasteiger partial charge on any atom is 0.343 e. The number of nitrogens with zero attached hydrogens (tertiary/aromatic N) is 4. The Morgan fingerprint density at radius 3 is 3.00 bits per heavy atom.